The second-order valence-electron chi connectivity index (χ2n) is 6.19. The Bertz CT molecular complexity index is 748. The Morgan fingerprint density at radius 2 is 1.96 bits per heavy atom. The van der Waals surface area contributed by atoms with Crippen LogP contribution in [0.1, 0.15) is 40.7 Å². The molecule has 140 valence electrons. The van der Waals surface area contributed by atoms with Gasteiger partial charge in [-0.1, -0.05) is 12.1 Å². The van der Waals surface area contributed by atoms with Gasteiger partial charge in [0.15, 0.2) is 5.96 Å². The van der Waals surface area contributed by atoms with Crippen molar-refractivity contribution >= 4 is 11.9 Å². The van der Waals surface area contributed by atoms with E-state index in [1.807, 2.05) is 30.7 Å². The van der Waals surface area contributed by atoms with Crippen molar-refractivity contribution in [3.05, 3.63) is 52.8 Å². The van der Waals surface area contributed by atoms with Gasteiger partial charge in [0.05, 0.1) is 12.2 Å². The monoisotopic (exact) mass is 356 g/mol. The van der Waals surface area contributed by atoms with Gasteiger partial charge in [-0.15, -0.1) is 0 Å². The summed E-state index contributed by atoms with van der Waals surface area (Å²) in [5.74, 6) is 0.359. The van der Waals surface area contributed by atoms with E-state index in [1.54, 1.807) is 12.1 Å². The third kappa shape index (κ3) is 5.91. The highest BCUT2D eigenvalue weighted by atomic mass is 16.1. The smallest absolute Gasteiger partial charge is 0.248 e. The third-order valence-electron chi connectivity index (χ3n) is 3.94. The fourth-order valence-electron chi connectivity index (χ4n) is 2.62. The molecule has 4 N–H and O–H groups in total. The number of aliphatic imine (C=N–C) groups is 1. The lowest BCUT2D eigenvalue weighted by molar-refractivity contribution is 0.100. The number of aryl methyl sites for hydroxylation is 3. The summed E-state index contributed by atoms with van der Waals surface area (Å²) in [6.07, 6.45) is 0.958. The van der Waals surface area contributed by atoms with Crippen LogP contribution in [0.25, 0.3) is 0 Å². The van der Waals surface area contributed by atoms with Gasteiger partial charge in [-0.3, -0.25) is 9.48 Å². The summed E-state index contributed by atoms with van der Waals surface area (Å²) in [5, 5.41) is 11.0. The van der Waals surface area contributed by atoms with E-state index in [1.165, 1.54) is 5.69 Å². The van der Waals surface area contributed by atoms with Crippen LogP contribution in [-0.4, -0.2) is 34.7 Å². The zero-order valence-electron chi connectivity index (χ0n) is 15.7. The number of benzene rings is 1. The lowest BCUT2D eigenvalue weighted by Crippen LogP contribution is -2.38. The minimum absolute atomic E-state index is 0.419. The van der Waals surface area contributed by atoms with Crippen molar-refractivity contribution in [1.82, 2.24) is 20.4 Å². The molecule has 0 radical (unpaired) electrons. The first-order valence-electron chi connectivity index (χ1n) is 8.91. The highest BCUT2D eigenvalue weighted by Crippen LogP contribution is 2.05. The maximum absolute atomic E-state index is 11.1. The first-order valence-corrected chi connectivity index (χ1v) is 8.91. The molecular weight excluding hydrogens is 328 g/mol. The Balaban J connectivity index is 1.83. The van der Waals surface area contributed by atoms with E-state index in [2.05, 4.69) is 33.7 Å². The van der Waals surface area contributed by atoms with Gasteiger partial charge in [0, 0.05) is 30.9 Å². The number of nitrogens with two attached hydrogens (primary N) is 1. The SMILES string of the molecule is CCNC(=NCc1ccc(C(N)=O)cc1)NCCCn1nc(C)cc1C. The number of carbonyl (C=O) groups excluding carboxylic acids is 1. The summed E-state index contributed by atoms with van der Waals surface area (Å²) in [6.45, 7) is 9.13. The average molecular weight is 356 g/mol. The van der Waals surface area contributed by atoms with E-state index in [0.29, 0.717) is 12.1 Å². The van der Waals surface area contributed by atoms with E-state index in [0.717, 1.165) is 43.3 Å². The molecule has 1 amide bonds. The summed E-state index contributed by atoms with van der Waals surface area (Å²) in [7, 11) is 0. The molecule has 26 heavy (non-hydrogen) atoms. The molecule has 7 heteroatoms. The Hall–Kier alpha value is -2.83. The summed E-state index contributed by atoms with van der Waals surface area (Å²) in [4.78, 5) is 15.7. The van der Waals surface area contributed by atoms with Gasteiger partial charge in [-0.25, -0.2) is 4.99 Å². The molecule has 1 heterocycles. The van der Waals surface area contributed by atoms with Crippen LogP contribution in [-0.2, 0) is 13.1 Å². The van der Waals surface area contributed by atoms with Crippen LogP contribution >= 0.6 is 0 Å². The predicted molar refractivity (Wildman–Crippen MR) is 104 cm³/mol. The number of carbonyl (C=O) groups is 1. The van der Waals surface area contributed by atoms with Crippen molar-refractivity contribution in [2.24, 2.45) is 10.7 Å². The topological polar surface area (TPSA) is 97.3 Å². The zero-order chi connectivity index (χ0) is 18.9. The third-order valence-corrected chi connectivity index (χ3v) is 3.94. The van der Waals surface area contributed by atoms with Crippen LogP contribution in [0.15, 0.2) is 35.3 Å². The summed E-state index contributed by atoms with van der Waals surface area (Å²) in [5.41, 5.74) is 9.01. The minimum atomic E-state index is -0.419. The molecule has 0 bridgehead atoms. The Morgan fingerprint density at radius 3 is 2.54 bits per heavy atom. The number of nitrogens with one attached hydrogen (secondary N) is 2. The number of rotatable bonds is 8. The second-order valence-corrected chi connectivity index (χ2v) is 6.19. The Kier molecular flexibility index (Phi) is 7.20. The fourth-order valence-corrected chi connectivity index (χ4v) is 2.62. The number of guanidine groups is 1. The molecule has 1 aromatic heterocycles. The number of primary amides is 1. The highest BCUT2D eigenvalue weighted by molar-refractivity contribution is 5.92. The lowest BCUT2D eigenvalue weighted by Gasteiger charge is -2.12. The second kappa shape index (κ2) is 9.60. The van der Waals surface area contributed by atoms with Gasteiger partial charge in [0.2, 0.25) is 5.91 Å². The number of nitrogens with zero attached hydrogens (tertiary/aromatic N) is 3. The average Bonchev–Trinajstić information content (AvgIpc) is 2.94. The molecule has 0 aliphatic rings. The van der Waals surface area contributed by atoms with Crippen molar-refractivity contribution in [2.75, 3.05) is 13.1 Å². The number of aromatic nitrogens is 2. The predicted octanol–water partition coefficient (Wildman–Crippen LogP) is 1.74. The van der Waals surface area contributed by atoms with Crippen molar-refractivity contribution in [3.63, 3.8) is 0 Å². The maximum atomic E-state index is 11.1. The molecule has 0 atom stereocenters. The van der Waals surface area contributed by atoms with Gasteiger partial charge >= 0.3 is 0 Å². The van der Waals surface area contributed by atoms with E-state index < -0.39 is 5.91 Å². The Morgan fingerprint density at radius 1 is 1.23 bits per heavy atom. The largest absolute Gasteiger partial charge is 0.366 e. The first kappa shape index (κ1) is 19.5. The quantitative estimate of drug-likeness (QED) is 0.381. The summed E-state index contributed by atoms with van der Waals surface area (Å²) < 4.78 is 2.03. The zero-order valence-corrected chi connectivity index (χ0v) is 15.7. The molecule has 1 aromatic carbocycles. The van der Waals surface area contributed by atoms with Crippen LogP contribution in [0, 0.1) is 13.8 Å². The van der Waals surface area contributed by atoms with Crippen LogP contribution in [0.3, 0.4) is 0 Å². The normalized spacial score (nSPS) is 11.4. The fraction of sp³-hybridized carbons (Fsp3) is 0.421. The van der Waals surface area contributed by atoms with E-state index in [4.69, 9.17) is 5.73 Å². The van der Waals surface area contributed by atoms with Gasteiger partial charge in [0.25, 0.3) is 0 Å². The first-order chi connectivity index (χ1) is 12.5. The number of hydrogen-bond acceptors (Lipinski definition) is 3. The molecule has 0 saturated carbocycles. The molecule has 0 aliphatic carbocycles. The van der Waals surface area contributed by atoms with E-state index in [9.17, 15) is 4.79 Å². The van der Waals surface area contributed by atoms with Gasteiger partial charge in [-0.2, -0.15) is 5.10 Å². The summed E-state index contributed by atoms with van der Waals surface area (Å²) in [6, 6.07) is 9.28. The number of hydrogen-bond donors (Lipinski definition) is 3. The van der Waals surface area contributed by atoms with Crippen LogP contribution in [0.5, 0.6) is 0 Å². The van der Waals surface area contributed by atoms with Crippen LogP contribution in [0.4, 0.5) is 0 Å². The molecule has 0 spiro atoms. The minimum Gasteiger partial charge on any atom is -0.366 e. The van der Waals surface area contributed by atoms with Crippen molar-refractivity contribution in [3.8, 4) is 0 Å². The molecule has 0 fully saturated rings. The van der Waals surface area contributed by atoms with Gasteiger partial charge in [0.1, 0.15) is 0 Å². The van der Waals surface area contributed by atoms with Crippen molar-refractivity contribution < 1.29 is 4.79 Å². The van der Waals surface area contributed by atoms with E-state index >= 15 is 0 Å². The molecule has 0 saturated heterocycles. The molecule has 0 unspecified atom stereocenters. The standard InChI is InChI=1S/C19H28N6O/c1-4-21-19(22-10-5-11-25-15(3)12-14(2)24-25)23-13-16-6-8-17(9-7-16)18(20)26/h6-9,12H,4-5,10-11,13H2,1-3H3,(H2,20,26)(H2,21,22,23). The highest BCUT2D eigenvalue weighted by Gasteiger charge is 2.02. The molecule has 2 aromatic rings. The number of amides is 1. The van der Waals surface area contributed by atoms with E-state index in [-0.39, 0.29) is 0 Å². The van der Waals surface area contributed by atoms with Crippen molar-refractivity contribution in [2.45, 2.75) is 40.3 Å². The molecule has 0 aliphatic heterocycles. The van der Waals surface area contributed by atoms with Crippen LogP contribution in [0.2, 0.25) is 0 Å². The lowest BCUT2D eigenvalue weighted by atomic mass is 10.1. The summed E-state index contributed by atoms with van der Waals surface area (Å²) >= 11 is 0. The van der Waals surface area contributed by atoms with Crippen LogP contribution < -0.4 is 16.4 Å². The molecule has 7 nitrogen and oxygen atoms in total. The van der Waals surface area contributed by atoms with Gasteiger partial charge in [-0.05, 0) is 51.0 Å². The van der Waals surface area contributed by atoms with Gasteiger partial charge < -0.3 is 16.4 Å². The van der Waals surface area contributed by atoms with Crippen molar-refractivity contribution in [1.29, 1.82) is 0 Å². The Labute approximate surface area is 154 Å². The maximum Gasteiger partial charge on any atom is 0.248 e. The molecule has 2 rings (SSSR count). The molecular formula is C19H28N6O.